The van der Waals surface area contributed by atoms with E-state index >= 15 is 0 Å². The van der Waals surface area contributed by atoms with E-state index in [-0.39, 0.29) is 29.2 Å². The molecule has 1 aromatic rings. The molecule has 1 unspecified atom stereocenters. The number of ketones is 1. The molecule has 154 valence electrons. The Hall–Kier alpha value is -2.30. The van der Waals surface area contributed by atoms with Gasteiger partial charge in [-0.05, 0) is 56.1 Å². The van der Waals surface area contributed by atoms with Gasteiger partial charge in [-0.2, -0.15) is 0 Å². The van der Waals surface area contributed by atoms with E-state index in [1.165, 1.54) is 6.42 Å². The number of esters is 1. The van der Waals surface area contributed by atoms with E-state index in [1.807, 2.05) is 19.1 Å². The number of pyridine rings is 1. The molecule has 1 aliphatic heterocycles. The van der Waals surface area contributed by atoms with Gasteiger partial charge in [0.05, 0.1) is 0 Å². The number of allylic oxidation sites excluding steroid dienone is 2. The number of aromatic nitrogens is 1. The molecule has 4 rings (SSSR count). The van der Waals surface area contributed by atoms with Crippen LogP contribution in [0, 0.1) is 11.3 Å². The lowest BCUT2D eigenvalue weighted by atomic mass is 9.67. The van der Waals surface area contributed by atoms with Crippen LogP contribution < -0.4 is 0 Å². The summed E-state index contributed by atoms with van der Waals surface area (Å²) in [5, 5.41) is 0. The largest absolute Gasteiger partial charge is 0.462 e. The maximum Gasteiger partial charge on any atom is 0.315 e. The minimum absolute atomic E-state index is 0.0186. The minimum Gasteiger partial charge on any atom is -0.462 e. The van der Waals surface area contributed by atoms with Crippen LogP contribution >= 0.6 is 0 Å². The number of hydrogen-bond donors (Lipinski definition) is 0. The summed E-state index contributed by atoms with van der Waals surface area (Å²) in [5.41, 5.74) is 3.03. The normalized spacial score (nSPS) is 27.3. The van der Waals surface area contributed by atoms with Crippen molar-refractivity contribution < 1.29 is 14.3 Å². The Labute approximate surface area is 172 Å². The summed E-state index contributed by atoms with van der Waals surface area (Å²) in [4.78, 5) is 35.5. The maximum absolute atomic E-state index is 13.3. The van der Waals surface area contributed by atoms with Gasteiger partial charge in [0.15, 0.2) is 5.78 Å². The number of carbonyl (C=O) groups is 2. The van der Waals surface area contributed by atoms with Crippen molar-refractivity contribution in [3.05, 3.63) is 41.4 Å². The van der Waals surface area contributed by atoms with Crippen LogP contribution in [0.25, 0.3) is 0 Å². The van der Waals surface area contributed by atoms with E-state index in [1.54, 1.807) is 12.4 Å². The molecular formula is C24H30N2O3. The molecule has 3 aliphatic rings. The third-order valence-corrected chi connectivity index (χ3v) is 6.43. The van der Waals surface area contributed by atoms with Gasteiger partial charge in [0, 0.05) is 41.7 Å². The fourth-order valence-corrected chi connectivity index (χ4v) is 5.09. The number of aliphatic imine (C=N–C) groups is 1. The number of carbonyl (C=O) groups excluding carboxylic acids is 2. The average molecular weight is 395 g/mol. The van der Waals surface area contributed by atoms with Gasteiger partial charge in [0.1, 0.15) is 12.0 Å². The molecule has 0 bridgehead atoms. The summed E-state index contributed by atoms with van der Waals surface area (Å²) in [5.74, 6) is -1.09. The SMILES string of the molecule is CC1=NC2=C(C(=O)CC(C)(C)C2)[C@@H](c2cccnc2)C1C(=O)OC1CCCCC1. The molecular weight excluding hydrogens is 364 g/mol. The Bertz CT molecular complexity index is 863. The van der Waals surface area contributed by atoms with Crippen molar-refractivity contribution in [1.82, 2.24) is 4.98 Å². The van der Waals surface area contributed by atoms with E-state index < -0.39 is 5.92 Å². The van der Waals surface area contributed by atoms with Crippen LogP contribution in [-0.4, -0.2) is 28.6 Å². The lowest BCUT2D eigenvalue weighted by molar-refractivity contribution is -0.153. The second-order valence-corrected chi connectivity index (χ2v) is 9.49. The smallest absolute Gasteiger partial charge is 0.315 e. The summed E-state index contributed by atoms with van der Waals surface area (Å²) in [6.07, 6.45) is 9.93. The first kappa shape index (κ1) is 20.0. The van der Waals surface area contributed by atoms with E-state index in [4.69, 9.17) is 9.73 Å². The lowest BCUT2D eigenvalue weighted by Gasteiger charge is -2.39. The van der Waals surface area contributed by atoms with E-state index in [2.05, 4.69) is 18.8 Å². The molecule has 1 saturated carbocycles. The second-order valence-electron chi connectivity index (χ2n) is 9.49. The van der Waals surface area contributed by atoms with Gasteiger partial charge in [-0.1, -0.05) is 26.3 Å². The number of rotatable bonds is 3. The van der Waals surface area contributed by atoms with Crippen molar-refractivity contribution in [2.75, 3.05) is 0 Å². The van der Waals surface area contributed by atoms with Crippen LogP contribution in [0.1, 0.15) is 77.2 Å². The van der Waals surface area contributed by atoms with Gasteiger partial charge in [0.2, 0.25) is 0 Å². The molecule has 0 saturated heterocycles. The van der Waals surface area contributed by atoms with Crippen LogP contribution in [-0.2, 0) is 14.3 Å². The molecule has 0 aromatic carbocycles. The Balaban J connectivity index is 1.73. The van der Waals surface area contributed by atoms with Gasteiger partial charge in [-0.25, -0.2) is 0 Å². The van der Waals surface area contributed by atoms with Gasteiger partial charge in [-0.15, -0.1) is 0 Å². The van der Waals surface area contributed by atoms with Crippen molar-refractivity contribution in [3.63, 3.8) is 0 Å². The first-order valence-electron chi connectivity index (χ1n) is 10.8. The van der Waals surface area contributed by atoms with Crippen LogP contribution in [0.15, 0.2) is 40.8 Å². The molecule has 5 heteroatoms. The van der Waals surface area contributed by atoms with Crippen molar-refractivity contribution in [2.45, 2.75) is 77.7 Å². The predicted octanol–water partition coefficient (Wildman–Crippen LogP) is 4.78. The van der Waals surface area contributed by atoms with Gasteiger partial charge in [-0.3, -0.25) is 19.6 Å². The topological polar surface area (TPSA) is 68.6 Å². The fraction of sp³-hybridized carbons (Fsp3) is 0.583. The number of nitrogens with zero attached hydrogens (tertiary/aromatic N) is 2. The summed E-state index contributed by atoms with van der Waals surface area (Å²) in [7, 11) is 0. The standard InChI is InChI=1S/C24H30N2O3/c1-15-20(23(28)29-17-9-5-4-6-10-17)21(16-8-7-11-25-14-16)22-18(26-15)12-24(2,3)13-19(22)27/h7-8,11,14,17,20-21H,4-6,9-10,12-13H2,1-3H3/t20?,21-/m0/s1. The van der Waals surface area contributed by atoms with Crippen LogP contribution in [0.3, 0.4) is 0 Å². The molecule has 5 nitrogen and oxygen atoms in total. The number of ether oxygens (including phenoxy) is 1. The summed E-state index contributed by atoms with van der Waals surface area (Å²) in [6.45, 7) is 6.09. The summed E-state index contributed by atoms with van der Waals surface area (Å²) in [6, 6.07) is 3.81. The molecule has 0 spiro atoms. The molecule has 0 amide bonds. The highest BCUT2D eigenvalue weighted by Gasteiger charge is 2.46. The first-order chi connectivity index (χ1) is 13.9. The fourth-order valence-electron chi connectivity index (χ4n) is 5.09. The average Bonchev–Trinajstić information content (AvgIpc) is 2.67. The molecule has 1 fully saturated rings. The Morgan fingerprint density at radius 1 is 1.17 bits per heavy atom. The zero-order valence-corrected chi connectivity index (χ0v) is 17.6. The molecule has 2 heterocycles. The van der Waals surface area contributed by atoms with E-state index in [0.29, 0.717) is 12.0 Å². The highest BCUT2D eigenvalue weighted by Crippen LogP contribution is 2.47. The Morgan fingerprint density at radius 2 is 1.93 bits per heavy atom. The highest BCUT2D eigenvalue weighted by atomic mass is 16.5. The quantitative estimate of drug-likeness (QED) is 0.692. The summed E-state index contributed by atoms with van der Waals surface area (Å²) >= 11 is 0. The third kappa shape index (κ3) is 4.05. The highest BCUT2D eigenvalue weighted by molar-refractivity contribution is 6.09. The second kappa shape index (κ2) is 7.85. The minimum atomic E-state index is -0.565. The molecule has 1 aromatic heterocycles. The van der Waals surface area contributed by atoms with Crippen molar-refractivity contribution in [3.8, 4) is 0 Å². The van der Waals surface area contributed by atoms with Crippen molar-refractivity contribution >= 4 is 17.5 Å². The van der Waals surface area contributed by atoms with Gasteiger partial charge in [0.25, 0.3) is 0 Å². The predicted molar refractivity (Wildman–Crippen MR) is 112 cm³/mol. The third-order valence-electron chi connectivity index (χ3n) is 6.43. The molecule has 0 radical (unpaired) electrons. The van der Waals surface area contributed by atoms with E-state index in [9.17, 15) is 9.59 Å². The number of hydrogen-bond acceptors (Lipinski definition) is 5. The maximum atomic E-state index is 13.3. The molecule has 29 heavy (non-hydrogen) atoms. The van der Waals surface area contributed by atoms with Gasteiger partial charge >= 0.3 is 5.97 Å². The zero-order chi connectivity index (χ0) is 20.6. The van der Waals surface area contributed by atoms with Crippen molar-refractivity contribution in [2.24, 2.45) is 16.3 Å². The molecule has 2 atom stereocenters. The van der Waals surface area contributed by atoms with Crippen LogP contribution in [0.4, 0.5) is 0 Å². The zero-order valence-electron chi connectivity index (χ0n) is 17.6. The first-order valence-corrected chi connectivity index (χ1v) is 10.8. The number of Topliss-reactive ketones (excluding diaryl/α,β-unsaturated/α-hetero) is 1. The van der Waals surface area contributed by atoms with Crippen LogP contribution in [0.5, 0.6) is 0 Å². The molecule has 0 N–H and O–H groups in total. The summed E-state index contributed by atoms with van der Waals surface area (Å²) < 4.78 is 5.93. The van der Waals surface area contributed by atoms with E-state index in [0.717, 1.165) is 49.1 Å². The Morgan fingerprint density at radius 3 is 2.62 bits per heavy atom. The molecule has 2 aliphatic carbocycles. The monoisotopic (exact) mass is 394 g/mol. The van der Waals surface area contributed by atoms with Gasteiger partial charge < -0.3 is 4.74 Å². The van der Waals surface area contributed by atoms with Crippen LogP contribution in [0.2, 0.25) is 0 Å². The lowest BCUT2D eigenvalue weighted by Crippen LogP contribution is -2.40. The Kier molecular flexibility index (Phi) is 5.41. The van der Waals surface area contributed by atoms with Crippen molar-refractivity contribution in [1.29, 1.82) is 0 Å².